The van der Waals surface area contributed by atoms with E-state index in [9.17, 15) is 4.79 Å². The lowest BCUT2D eigenvalue weighted by molar-refractivity contribution is -0.0107. The standard InChI is InChI=1S/C18H21N5O3/c1-11(2)16-20-21-17(26-16)15-9-25-7-6-23(15)18(24)12-4-5-14-13(8-12)19-10-22(14)3/h4-5,8,10-11,15H,6-7,9H2,1-3H3. The summed E-state index contributed by atoms with van der Waals surface area (Å²) in [5.74, 6) is 1.03. The van der Waals surface area contributed by atoms with Crippen LogP contribution in [0.15, 0.2) is 28.9 Å². The summed E-state index contributed by atoms with van der Waals surface area (Å²) in [6.07, 6.45) is 1.74. The normalized spacial score (nSPS) is 18.0. The van der Waals surface area contributed by atoms with Crippen molar-refractivity contribution in [3.05, 3.63) is 41.9 Å². The van der Waals surface area contributed by atoms with E-state index in [1.807, 2.05) is 43.7 Å². The SMILES string of the molecule is CC(C)c1nnc(C2COCCN2C(=O)c2ccc3c(c2)ncn3C)o1. The van der Waals surface area contributed by atoms with Gasteiger partial charge in [0.25, 0.3) is 5.91 Å². The van der Waals surface area contributed by atoms with Crippen molar-refractivity contribution in [2.45, 2.75) is 25.8 Å². The molecule has 4 rings (SSSR count). The molecule has 1 aromatic carbocycles. The highest BCUT2D eigenvalue weighted by atomic mass is 16.5. The molecule has 1 aliphatic heterocycles. The van der Waals surface area contributed by atoms with Gasteiger partial charge in [0.1, 0.15) is 6.04 Å². The van der Waals surface area contributed by atoms with Crippen LogP contribution in [-0.2, 0) is 11.8 Å². The first-order valence-corrected chi connectivity index (χ1v) is 8.67. The van der Waals surface area contributed by atoms with Crippen LogP contribution in [0.2, 0.25) is 0 Å². The largest absolute Gasteiger partial charge is 0.423 e. The maximum absolute atomic E-state index is 13.1. The second-order valence-corrected chi connectivity index (χ2v) is 6.78. The van der Waals surface area contributed by atoms with E-state index in [1.54, 1.807) is 11.2 Å². The molecule has 1 atom stereocenters. The van der Waals surface area contributed by atoms with Crippen LogP contribution in [0.4, 0.5) is 0 Å². The highest BCUT2D eigenvalue weighted by molar-refractivity contribution is 5.97. The number of rotatable bonds is 3. The summed E-state index contributed by atoms with van der Waals surface area (Å²) in [4.78, 5) is 19.2. The molecule has 8 heteroatoms. The van der Waals surface area contributed by atoms with Gasteiger partial charge in [-0.15, -0.1) is 10.2 Å². The van der Waals surface area contributed by atoms with Gasteiger partial charge in [0.15, 0.2) is 0 Å². The van der Waals surface area contributed by atoms with E-state index < -0.39 is 0 Å². The minimum absolute atomic E-state index is 0.0878. The highest BCUT2D eigenvalue weighted by Gasteiger charge is 2.33. The number of ether oxygens (including phenoxy) is 1. The number of carbonyl (C=O) groups is 1. The van der Waals surface area contributed by atoms with Crippen molar-refractivity contribution >= 4 is 16.9 Å². The summed E-state index contributed by atoms with van der Waals surface area (Å²) in [5, 5.41) is 8.21. The van der Waals surface area contributed by atoms with E-state index in [0.29, 0.717) is 37.1 Å². The van der Waals surface area contributed by atoms with Crippen LogP contribution >= 0.6 is 0 Å². The minimum atomic E-state index is -0.379. The van der Waals surface area contributed by atoms with Crippen LogP contribution in [0.25, 0.3) is 11.0 Å². The number of aromatic nitrogens is 4. The Balaban J connectivity index is 1.64. The molecule has 1 fully saturated rings. The predicted molar refractivity (Wildman–Crippen MR) is 93.7 cm³/mol. The van der Waals surface area contributed by atoms with E-state index in [-0.39, 0.29) is 17.9 Å². The fourth-order valence-corrected chi connectivity index (χ4v) is 3.10. The first kappa shape index (κ1) is 16.7. The average Bonchev–Trinajstić information content (AvgIpc) is 3.28. The van der Waals surface area contributed by atoms with Crippen molar-refractivity contribution in [1.82, 2.24) is 24.6 Å². The molecule has 136 valence electrons. The third kappa shape index (κ3) is 2.86. The number of amides is 1. The first-order valence-electron chi connectivity index (χ1n) is 8.67. The van der Waals surface area contributed by atoms with Crippen molar-refractivity contribution in [1.29, 1.82) is 0 Å². The third-order valence-corrected chi connectivity index (χ3v) is 4.60. The number of hydrogen-bond donors (Lipinski definition) is 0. The molecule has 0 radical (unpaired) electrons. The Morgan fingerprint density at radius 1 is 1.31 bits per heavy atom. The molecular formula is C18H21N5O3. The zero-order chi connectivity index (χ0) is 18.3. The molecule has 0 bridgehead atoms. The van der Waals surface area contributed by atoms with Crippen molar-refractivity contribution in [3.63, 3.8) is 0 Å². The second-order valence-electron chi connectivity index (χ2n) is 6.78. The first-order chi connectivity index (χ1) is 12.5. The zero-order valence-electron chi connectivity index (χ0n) is 15.0. The van der Waals surface area contributed by atoms with Crippen molar-refractivity contribution in [2.24, 2.45) is 7.05 Å². The lowest BCUT2D eigenvalue weighted by Gasteiger charge is -2.33. The molecule has 2 aromatic heterocycles. The van der Waals surface area contributed by atoms with Crippen molar-refractivity contribution in [3.8, 4) is 0 Å². The molecule has 3 heterocycles. The lowest BCUT2D eigenvalue weighted by atomic mass is 10.1. The van der Waals surface area contributed by atoms with Crippen LogP contribution in [0.1, 0.15) is 47.9 Å². The van der Waals surface area contributed by atoms with E-state index in [4.69, 9.17) is 9.15 Å². The van der Waals surface area contributed by atoms with E-state index in [2.05, 4.69) is 15.2 Å². The molecular weight excluding hydrogens is 334 g/mol. The number of fused-ring (bicyclic) bond motifs is 1. The van der Waals surface area contributed by atoms with Gasteiger partial charge in [0.05, 0.1) is 30.6 Å². The molecule has 0 aliphatic carbocycles. The zero-order valence-corrected chi connectivity index (χ0v) is 15.0. The van der Waals surface area contributed by atoms with Crippen LogP contribution in [-0.4, -0.2) is 50.3 Å². The predicted octanol–water partition coefficient (Wildman–Crippen LogP) is 2.29. The molecule has 1 saturated heterocycles. The Morgan fingerprint density at radius 2 is 2.15 bits per heavy atom. The van der Waals surface area contributed by atoms with Gasteiger partial charge in [-0.05, 0) is 18.2 Å². The van der Waals surface area contributed by atoms with Gasteiger partial charge in [-0.2, -0.15) is 0 Å². The molecule has 3 aromatic rings. The van der Waals surface area contributed by atoms with Crippen LogP contribution in [0.3, 0.4) is 0 Å². The lowest BCUT2D eigenvalue weighted by Crippen LogP contribution is -2.43. The highest BCUT2D eigenvalue weighted by Crippen LogP contribution is 2.27. The average molecular weight is 355 g/mol. The maximum Gasteiger partial charge on any atom is 0.254 e. The van der Waals surface area contributed by atoms with Crippen molar-refractivity contribution in [2.75, 3.05) is 19.8 Å². The summed E-state index contributed by atoms with van der Waals surface area (Å²) in [6, 6.07) is 5.17. The number of morpholine rings is 1. The second kappa shape index (κ2) is 6.53. The summed E-state index contributed by atoms with van der Waals surface area (Å²) < 4.78 is 13.2. The summed E-state index contributed by atoms with van der Waals surface area (Å²) in [7, 11) is 1.93. The Morgan fingerprint density at radius 3 is 2.92 bits per heavy atom. The Kier molecular flexibility index (Phi) is 4.20. The number of carbonyl (C=O) groups excluding carboxylic acids is 1. The summed E-state index contributed by atoms with van der Waals surface area (Å²) >= 11 is 0. The van der Waals surface area contributed by atoms with Crippen LogP contribution in [0, 0.1) is 0 Å². The summed E-state index contributed by atoms with van der Waals surface area (Å²) in [6.45, 7) is 5.28. The topological polar surface area (TPSA) is 86.3 Å². The smallest absolute Gasteiger partial charge is 0.254 e. The maximum atomic E-state index is 13.1. The van der Waals surface area contributed by atoms with Gasteiger partial charge in [0.2, 0.25) is 11.8 Å². The van der Waals surface area contributed by atoms with E-state index >= 15 is 0 Å². The fraction of sp³-hybridized carbons (Fsp3) is 0.444. The molecule has 0 saturated carbocycles. The quantitative estimate of drug-likeness (QED) is 0.716. The summed E-state index contributed by atoms with van der Waals surface area (Å²) in [5.41, 5.74) is 2.37. The molecule has 0 N–H and O–H groups in total. The number of nitrogens with zero attached hydrogens (tertiary/aromatic N) is 5. The number of imidazole rings is 1. The molecule has 0 spiro atoms. The Labute approximate surface area is 150 Å². The number of benzene rings is 1. The number of hydrogen-bond acceptors (Lipinski definition) is 6. The molecule has 1 aliphatic rings. The van der Waals surface area contributed by atoms with Crippen LogP contribution < -0.4 is 0 Å². The fourth-order valence-electron chi connectivity index (χ4n) is 3.10. The number of aryl methyl sites for hydroxylation is 1. The van der Waals surface area contributed by atoms with Crippen molar-refractivity contribution < 1.29 is 13.9 Å². The molecule has 1 unspecified atom stereocenters. The Bertz CT molecular complexity index is 945. The molecule has 26 heavy (non-hydrogen) atoms. The van der Waals surface area contributed by atoms with Gasteiger partial charge in [-0.25, -0.2) is 4.98 Å². The Hall–Kier alpha value is -2.74. The van der Waals surface area contributed by atoms with Crippen LogP contribution in [0.5, 0.6) is 0 Å². The third-order valence-electron chi connectivity index (χ3n) is 4.60. The van der Waals surface area contributed by atoms with Gasteiger partial charge >= 0.3 is 0 Å². The van der Waals surface area contributed by atoms with Gasteiger partial charge in [-0.1, -0.05) is 13.8 Å². The van der Waals surface area contributed by atoms with E-state index in [0.717, 1.165) is 11.0 Å². The monoisotopic (exact) mass is 355 g/mol. The molecule has 1 amide bonds. The van der Waals surface area contributed by atoms with Gasteiger partial charge in [0, 0.05) is 25.1 Å². The minimum Gasteiger partial charge on any atom is -0.423 e. The van der Waals surface area contributed by atoms with Gasteiger partial charge in [-0.3, -0.25) is 4.79 Å². The van der Waals surface area contributed by atoms with E-state index in [1.165, 1.54) is 0 Å². The molecule has 8 nitrogen and oxygen atoms in total. The van der Waals surface area contributed by atoms with Gasteiger partial charge < -0.3 is 18.6 Å².